The van der Waals surface area contributed by atoms with Gasteiger partial charge in [-0.15, -0.1) is 0 Å². The Labute approximate surface area is 210 Å². The number of nitrogens with zero attached hydrogens (tertiary/aromatic N) is 1. The number of aliphatic carboxylic acids is 1. The summed E-state index contributed by atoms with van der Waals surface area (Å²) in [5, 5.41) is 12.5. The maximum atomic E-state index is 13.9. The second kappa shape index (κ2) is 9.08. The number of hydrogen-bond acceptors (Lipinski definition) is 3. The number of carboxylic acids is 1. The number of carboxylic acid groups (broad SMARTS) is 1. The summed E-state index contributed by atoms with van der Waals surface area (Å²) in [5.41, 5.74) is 1.61. The monoisotopic (exact) mass is 484 g/mol. The van der Waals surface area contributed by atoms with Crippen LogP contribution in [-0.4, -0.2) is 40.0 Å². The van der Waals surface area contributed by atoms with Gasteiger partial charge >= 0.3 is 12.0 Å². The van der Waals surface area contributed by atoms with Gasteiger partial charge in [0.05, 0.1) is 0 Å². The molecule has 4 aliphatic carbocycles. The van der Waals surface area contributed by atoms with E-state index in [-0.39, 0.29) is 46.7 Å². The van der Waals surface area contributed by atoms with E-state index >= 15 is 0 Å². The van der Waals surface area contributed by atoms with E-state index in [1.54, 1.807) is 0 Å². The van der Waals surface area contributed by atoms with E-state index in [1.165, 1.54) is 10.5 Å². The summed E-state index contributed by atoms with van der Waals surface area (Å²) in [6, 6.07) is -0.482. The molecule has 3 amide bonds. The Kier molecular flexibility index (Phi) is 6.74. The normalized spacial score (nSPS) is 38.1. The second-order valence-corrected chi connectivity index (χ2v) is 12.7. The molecule has 2 fully saturated rings. The molecule has 4 rings (SSSR count). The van der Waals surface area contributed by atoms with Crippen LogP contribution >= 0.6 is 0 Å². The lowest BCUT2D eigenvalue weighted by molar-refractivity contribution is -0.141. The lowest BCUT2D eigenvalue weighted by Gasteiger charge is -2.58. The van der Waals surface area contributed by atoms with Gasteiger partial charge in [-0.05, 0) is 112 Å². The maximum Gasteiger partial charge on any atom is 0.331 e. The SMILES string of the molecule is CC(C)NC(=O)N(C(=O)[C@H]1CC[C@H]2[C@@H]3CC=C4C=C(C(=O)O)CC(C)[C@]4(C)[C@H]3CC[C@]12C)C(C)C. The van der Waals surface area contributed by atoms with Crippen LogP contribution in [0.25, 0.3) is 0 Å². The van der Waals surface area contributed by atoms with Crippen molar-refractivity contribution in [2.75, 3.05) is 0 Å². The van der Waals surface area contributed by atoms with Gasteiger partial charge < -0.3 is 10.4 Å². The largest absolute Gasteiger partial charge is 0.478 e. The number of carbonyl (C=O) groups excluding carboxylic acids is 2. The van der Waals surface area contributed by atoms with E-state index < -0.39 is 5.97 Å². The molecule has 194 valence electrons. The molecule has 0 spiro atoms. The van der Waals surface area contributed by atoms with Crippen LogP contribution in [0.4, 0.5) is 4.79 Å². The summed E-state index contributed by atoms with van der Waals surface area (Å²) in [6.07, 6.45) is 9.72. The van der Waals surface area contributed by atoms with Gasteiger partial charge in [0.15, 0.2) is 0 Å². The zero-order valence-electron chi connectivity index (χ0n) is 22.6. The van der Waals surface area contributed by atoms with Gasteiger partial charge in [-0.2, -0.15) is 0 Å². The highest BCUT2D eigenvalue weighted by Crippen LogP contribution is 2.67. The minimum Gasteiger partial charge on any atom is -0.478 e. The lowest BCUT2D eigenvalue weighted by Crippen LogP contribution is -2.55. The number of rotatable bonds is 4. The summed E-state index contributed by atoms with van der Waals surface area (Å²) >= 11 is 0. The highest BCUT2D eigenvalue weighted by Gasteiger charge is 2.61. The van der Waals surface area contributed by atoms with Crippen molar-refractivity contribution in [3.8, 4) is 0 Å². The minimum absolute atomic E-state index is 0.0140. The molecule has 7 atom stereocenters. The Morgan fingerprint density at radius 1 is 1.09 bits per heavy atom. The molecular weight excluding hydrogens is 440 g/mol. The zero-order chi connectivity index (χ0) is 25.9. The number of nitrogens with one attached hydrogen (secondary N) is 1. The van der Waals surface area contributed by atoms with E-state index in [9.17, 15) is 19.5 Å². The fourth-order valence-electron chi connectivity index (χ4n) is 8.34. The molecule has 2 N–H and O–H groups in total. The molecule has 6 nitrogen and oxygen atoms in total. The topological polar surface area (TPSA) is 86.7 Å². The number of fused-ring (bicyclic) bond motifs is 5. The average molecular weight is 485 g/mol. The molecule has 35 heavy (non-hydrogen) atoms. The predicted octanol–water partition coefficient (Wildman–Crippen LogP) is 5.79. The zero-order valence-corrected chi connectivity index (χ0v) is 22.6. The first kappa shape index (κ1) is 26.0. The molecule has 0 aromatic carbocycles. The summed E-state index contributed by atoms with van der Waals surface area (Å²) in [6.45, 7) is 14.5. The smallest absolute Gasteiger partial charge is 0.331 e. The van der Waals surface area contributed by atoms with Gasteiger partial charge in [-0.3, -0.25) is 9.69 Å². The highest BCUT2D eigenvalue weighted by atomic mass is 16.4. The highest BCUT2D eigenvalue weighted by molar-refractivity contribution is 5.96. The quantitative estimate of drug-likeness (QED) is 0.529. The summed E-state index contributed by atoms with van der Waals surface area (Å²) < 4.78 is 0. The summed E-state index contributed by atoms with van der Waals surface area (Å²) in [4.78, 5) is 40.0. The molecular formula is C29H44N2O4. The maximum absolute atomic E-state index is 13.9. The Morgan fingerprint density at radius 2 is 1.77 bits per heavy atom. The van der Waals surface area contributed by atoms with Crippen molar-refractivity contribution < 1.29 is 19.5 Å². The van der Waals surface area contributed by atoms with Gasteiger partial charge in [-0.25, -0.2) is 9.59 Å². The van der Waals surface area contributed by atoms with Crippen LogP contribution in [0.5, 0.6) is 0 Å². The molecule has 0 aromatic heterocycles. The molecule has 2 saturated carbocycles. The number of hydrogen-bond donors (Lipinski definition) is 2. The lowest BCUT2D eigenvalue weighted by atomic mass is 9.46. The van der Waals surface area contributed by atoms with Gasteiger partial charge in [0, 0.05) is 23.6 Å². The molecule has 6 heteroatoms. The number of amides is 3. The van der Waals surface area contributed by atoms with Crippen LogP contribution in [0.1, 0.15) is 87.0 Å². The first-order valence-corrected chi connectivity index (χ1v) is 13.6. The van der Waals surface area contributed by atoms with Crippen LogP contribution in [0, 0.1) is 40.4 Å². The standard InChI is InChI=1S/C29H44N2O4/c1-16(2)30-27(35)31(17(3)4)25(32)24-11-10-22-21-9-8-20-15-19(26(33)34)14-18(5)29(20,7)23(21)12-13-28(22,24)6/h8,15-18,21-24H,9-14H2,1-7H3,(H,30,35)(H,33,34)/t18?,21-,22-,23-,24+,28-,29-/m0/s1. The van der Waals surface area contributed by atoms with Crippen LogP contribution in [0.15, 0.2) is 23.3 Å². The van der Waals surface area contributed by atoms with E-state index in [1.807, 2.05) is 33.8 Å². The summed E-state index contributed by atoms with van der Waals surface area (Å²) in [7, 11) is 0. The molecule has 0 bridgehead atoms. The van der Waals surface area contributed by atoms with Crippen molar-refractivity contribution in [1.82, 2.24) is 10.2 Å². The third kappa shape index (κ3) is 4.05. The van der Waals surface area contributed by atoms with Crippen molar-refractivity contribution in [2.24, 2.45) is 40.4 Å². The van der Waals surface area contributed by atoms with Crippen molar-refractivity contribution in [3.63, 3.8) is 0 Å². The number of imide groups is 1. The molecule has 1 unspecified atom stereocenters. The first-order chi connectivity index (χ1) is 16.3. The van der Waals surface area contributed by atoms with Gasteiger partial charge in [-0.1, -0.05) is 26.8 Å². The van der Waals surface area contributed by atoms with E-state index in [2.05, 4.69) is 32.2 Å². The molecule has 0 aliphatic heterocycles. The molecule has 0 radical (unpaired) electrons. The summed E-state index contributed by atoms with van der Waals surface area (Å²) in [5.74, 6) is 0.780. The van der Waals surface area contributed by atoms with Crippen LogP contribution in [0.2, 0.25) is 0 Å². The first-order valence-electron chi connectivity index (χ1n) is 13.6. The Morgan fingerprint density at radius 3 is 2.37 bits per heavy atom. The van der Waals surface area contributed by atoms with E-state index in [0.717, 1.165) is 32.1 Å². The Balaban J connectivity index is 1.62. The van der Waals surface area contributed by atoms with Crippen molar-refractivity contribution >= 4 is 17.9 Å². The molecule has 0 heterocycles. The fraction of sp³-hybridized carbons (Fsp3) is 0.759. The van der Waals surface area contributed by atoms with Crippen molar-refractivity contribution in [2.45, 2.75) is 99.1 Å². The predicted molar refractivity (Wildman–Crippen MR) is 136 cm³/mol. The van der Waals surface area contributed by atoms with Crippen LogP contribution < -0.4 is 5.32 Å². The average Bonchev–Trinajstić information content (AvgIpc) is 3.10. The minimum atomic E-state index is -0.800. The van der Waals surface area contributed by atoms with Crippen molar-refractivity contribution in [1.29, 1.82) is 0 Å². The van der Waals surface area contributed by atoms with Crippen LogP contribution in [0.3, 0.4) is 0 Å². The van der Waals surface area contributed by atoms with Gasteiger partial charge in [0.2, 0.25) is 5.91 Å². The number of allylic oxidation sites excluding steroid dienone is 3. The number of carbonyl (C=O) groups is 3. The Bertz CT molecular complexity index is 966. The molecule has 0 saturated heterocycles. The van der Waals surface area contributed by atoms with Crippen molar-refractivity contribution in [3.05, 3.63) is 23.3 Å². The Hall–Kier alpha value is -2.11. The fourth-order valence-corrected chi connectivity index (χ4v) is 8.34. The van der Waals surface area contributed by atoms with Gasteiger partial charge in [0.1, 0.15) is 0 Å². The van der Waals surface area contributed by atoms with Crippen LogP contribution in [-0.2, 0) is 9.59 Å². The van der Waals surface area contributed by atoms with Gasteiger partial charge in [0.25, 0.3) is 0 Å². The third-order valence-electron chi connectivity index (χ3n) is 10.3. The molecule has 0 aromatic rings. The van der Waals surface area contributed by atoms with E-state index in [0.29, 0.717) is 29.7 Å². The number of urea groups is 1. The van der Waals surface area contributed by atoms with E-state index in [4.69, 9.17) is 0 Å². The third-order valence-corrected chi connectivity index (χ3v) is 10.3. The molecule has 4 aliphatic rings. The second-order valence-electron chi connectivity index (χ2n) is 12.7.